The molecule has 0 spiro atoms. The molecule has 4 heteroatoms. The lowest BCUT2D eigenvalue weighted by Crippen LogP contribution is -2.26. The maximum absolute atomic E-state index is 10.0. The quantitative estimate of drug-likeness (QED) is 0.472. The number of nitrogens with one attached hydrogen (secondary N) is 1. The van der Waals surface area contributed by atoms with E-state index in [9.17, 15) is 9.35 Å². The second-order valence-corrected chi connectivity index (χ2v) is 2.22. The molecule has 0 heterocycles. The van der Waals surface area contributed by atoms with Crippen molar-refractivity contribution >= 4 is 17.3 Å². The molecule has 0 bridgehead atoms. The first-order valence-corrected chi connectivity index (χ1v) is 3.29. The van der Waals surface area contributed by atoms with Gasteiger partial charge >= 0.3 is 0 Å². The van der Waals surface area contributed by atoms with Gasteiger partial charge in [0.2, 0.25) is 0 Å². The SMILES string of the molecule is CC(=O)N[S+](C)[O-]. The molecule has 1 amide bonds. The van der Waals surface area contributed by atoms with Crippen molar-refractivity contribution in [3.8, 4) is 0 Å². The lowest BCUT2D eigenvalue weighted by atomic mass is 10.8. The zero-order chi connectivity index (χ0) is 5.86. The second kappa shape index (κ2) is 2.87. The summed E-state index contributed by atoms with van der Waals surface area (Å²) < 4.78 is 12.2. The average Bonchev–Trinajstić information content (AvgIpc) is 1.27. The monoisotopic (exact) mass is 121 g/mol. The van der Waals surface area contributed by atoms with Gasteiger partial charge in [-0.2, -0.15) is 4.72 Å². The Kier molecular flexibility index (Phi) is 2.78. The first-order chi connectivity index (χ1) is 3.13. The van der Waals surface area contributed by atoms with Crippen LogP contribution in [0.4, 0.5) is 0 Å². The van der Waals surface area contributed by atoms with Crippen molar-refractivity contribution in [1.82, 2.24) is 4.72 Å². The smallest absolute Gasteiger partial charge is 0.257 e. The molecule has 0 aromatic heterocycles. The first kappa shape index (κ1) is 6.78. The number of carbonyl (C=O) groups excluding carboxylic acids is 1. The lowest BCUT2D eigenvalue weighted by molar-refractivity contribution is -0.117. The van der Waals surface area contributed by atoms with Gasteiger partial charge in [-0.05, 0) is 0 Å². The van der Waals surface area contributed by atoms with Gasteiger partial charge in [0.15, 0.2) is 0 Å². The third-order valence-corrected chi connectivity index (χ3v) is 0.862. The molecule has 0 radical (unpaired) electrons. The Balaban J connectivity index is 3.13. The van der Waals surface area contributed by atoms with E-state index in [1.54, 1.807) is 0 Å². The van der Waals surface area contributed by atoms with E-state index in [1.807, 2.05) is 0 Å². The van der Waals surface area contributed by atoms with Crippen molar-refractivity contribution in [3.05, 3.63) is 0 Å². The molecular formula is C3H7NO2S. The van der Waals surface area contributed by atoms with Gasteiger partial charge < -0.3 is 4.55 Å². The second-order valence-electron chi connectivity index (χ2n) is 1.11. The van der Waals surface area contributed by atoms with Crippen LogP contribution in [-0.2, 0) is 16.2 Å². The normalized spacial score (nSPS) is 13.0. The van der Waals surface area contributed by atoms with E-state index in [4.69, 9.17) is 0 Å². The highest BCUT2D eigenvalue weighted by atomic mass is 32.2. The fourth-order valence-electron chi connectivity index (χ4n) is 0.202. The minimum Gasteiger partial charge on any atom is -0.593 e. The summed E-state index contributed by atoms with van der Waals surface area (Å²) in [6.07, 6.45) is 1.40. The summed E-state index contributed by atoms with van der Waals surface area (Å²) in [6.45, 7) is 1.32. The molecule has 0 rings (SSSR count). The van der Waals surface area contributed by atoms with Crippen LogP contribution in [0.3, 0.4) is 0 Å². The van der Waals surface area contributed by atoms with Crippen LogP contribution in [0.1, 0.15) is 6.92 Å². The summed E-state index contributed by atoms with van der Waals surface area (Å²) in [5.41, 5.74) is 0. The van der Waals surface area contributed by atoms with Crippen LogP contribution >= 0.6 is 0 Å². The van der Waals surface area contributed by atoms with E-state index in [1.165, 1.54) is 13.2 Å². The summed E-state index contributed by atoms with van der Waals surface area (Å²) in [4.78, 5) is 9.95. The van der Waals surface area contributed by atoms with E-state index >= 15 is 0 Å². The van der Waals surface area contributed by atoms with Crippen LogP contribution in [0.5, 0.6) is 0 Å². The van der Waals surface area contributed by atoms with Gasteiger partial charge in [0.05, 0.1) is 11.4 Å². The lowest BCUT2D eigenvalue weighted by Gasteiger charge is -2.00. The molecule has 7 heavy (non-hydrogen) atoms. The Bertz CT molecular complexity index is 73.3. The van der Waals surface area contributed by atoms with Gasteiger partial charge in [0, 0.05) is 6.92 Å². The standard InChI is InChI=1S/C3H7NO2S/c1-3(5)4-7(2)6/h1-2H3,(H,4,5). The van der Waals surface area contributed by atoms with Crippen molar-refractivity contribution < 1.29 is 9.35 Å². The van der Waals surface area contributed by atoms with Gasteiger partial charge in [-0.3, -0.25) is 4.79 Å². The van der Waals surface area contributed by atoms with Gasteiger partial charge in [-0.25, -0.2) is 0 Å². The van der Waals surface area contributed by atoms with E-state index in [0.717, 1.165) is 0 Å². The number of hydrogen-bond acceptors (Lipinski definition) is 2. The molecule has 1 atom stereocenters. The zero-order valence-electron chi connectivity index (χ0n) is 4.22. The highest BCUT2D eigenvalue weighted by molar-refractivity contribution is 7.89. The van der Waals surface area contributed by atoms with Crippen molar-refractivity contribution in [2.75, 3.05) is 6.26 Å². The Morgan fingerprint density at radius 2 is 2.29 bits per heavy atom. The van der Waals surface area contributed by atoms with E-state index in [2.05, 4.69) is 4.72 Å². The van der Waals surface area contributed by atoms with Gasteiger partial charge in [-0.1, -0.05) is 0 Å². The van der Waals surface area contributed by atoms with Crippen LogP contribution in [-0.4, -0.2) is 16.7 Å². The molecule has 0 aromatic rings. The van der Waals surface area contributed by atoms with Crippen molar-refractivity contribution in [2.45, 2.75) is 6.92 Å². The van der Waals surface area contributed by atoms with Gasteiger partial charge in [0.25, 0.3) is 5.91 Å². The van der Waals surface area contributed by atoms with Crippen molar-refractivity contribution in [2.24, 2.45) is 0 Å². The Hall–Kier alpha value is -0.220. The molecule has 0 aromatic carbocycles. The van der Waals surface area contributed by atoms with Gasteiger partial charge in [0.1, 0.15) is 6.26 Å². The van der Waals surface area contributed by atoms with Gasteiger partial charge in [-0.15, -0.1) is 0 Å². The van der Waals surface area contributed by atoms with Crippen LogP contribution in [0.25, 0.3) is 0 Å². The summed E-state index contributed by atoms with van der Waals surface area (Å²) in [6, 6.07) is 0. The average molecular weight is 121 g/mol. The topological polar surface area (TPSA) is 52.2 Å². The summed E-state index contributed by atoms with van der Waals surface area (Å²) in [7, 11) is 0. The predicted octanol–water partition coefficient (Wildman–Crippen LogP) is -0.584. The molecule has 3 nitrogen and oxygen atoms in total. The summed E-state index contributed by atoms with van der Waals surface area (Å²) in [5.74, 6) is -0.263. The number of amides is 1. The Morgan fingerprint density at radius 3 is 2.29 bits per heavy atom. The van der Waals surface area contributed by atoms with Crippen LogP contribution in [0.15, 0.2) is 0 Å². The maximum Gasteiger partial charge on any atom is 0.257 e. The van der Waals surface area contributed by atoms with Crippen LogP contribution in [0, 0.1) is 0 Å². The molecule has 0 aliphatic rings. The fraction of sp³-hybridized carbons (Fsp3) is 0.667. The fourth-order valence-corrected chi connectivity index (χ4v) is 0.607. The van der Waals surface area contributed by atoms with Crippen molar-refractivity contribution in [3.63, 3.8) is 0 Å². The Morgan fingerprint density at radius 1 is 1.86 bits per heavy atom. The summed E-state index contributed by atoms with van der Waals surface area (Å²) >= 11 is -1.20. The molecule has 0 saturated carbocycles. The van der Waals surface area contributed by atoms with E-state index in [-0.39, 0.29) is 5.91 Å². The molecule has 42 valence electrons. The van der Waals surface area contributed by atoms with E-state index < -0.39 is 11.4 Å². The predicted molar refractivity (Wildman–Crippen MR) is 27.9 cm³/mol. The van der Waals surface area contributed by atoms with E-state index in [0.29, 0.717) is 0 Å². The number of rotatable bonds is 1. The molecule has 1 N–H and O–H groups in total. The minimum absolute atomic E-state index is 0.263. The number of carbonyl (C=O) groups is 1. The largest absolute Gasteiger partial charge is 0.593 e. The molecule has 0 fully saturated rings. The zero-order valence-corrected chi connectivity index (χ0v) is 5.04. The third kappa shape index (κ3) is 5.78. The van der Waals surface area contributed by atoms with Crippen LogP contribution in [0.2, 0.25) is 0 Å². The molecule has 0 aliphatic carbocycles. The maximum atomic E-state index is 10.0. The highest BCUT2D eigenvalue weighted by Gasteiger charge is 1.95. The molecule has 0 saturated heterocycles. The van der Waals surface area contributed by atoms with Crippen LogP contribution < -0.4 is 4.72 Å². The number of hydrogen-bond donors (Lipinski definition) is 1. The first-order valence-electron chi connectivity index (χ1n) is 1.73. The van der Waals surface area contributed by atoms with Crippen molar-refractivity contribution in [1.29, 1.82) is 0 Å². The Labute approximate surface area is 45.4 Å². The third-order valence-electron chi connectivity index (χ3n) is 0.287. The highest BCUT2D eigenvalue weighted by Crippen LogP contribution is 1.70. The minimum atomic E-state index is -1.20. The molecule has 0 aliphatic heterocycles. The summed E-state index contributed by atoms with van der Waals surface area (Å²) in [5, 5.41) is 0. The molecular weight excluding hydrogens is 114 g/mol. The molecule has 1 unspecified atom stereocenters.